The van der Waals surface area contributed by atoms with E-state index in [0.717, 1.165) is 18.4 Å². The molecule has 132 valence electrons. The van der Waals surface area contributed by atoms with E-state index in [1.165, 1.54) is 0 Å². The van der Waals surface area contributed by atoms with Gasteiger partial charge in [-0.25, -0.2) is 0 Å². The molecule has 0 saturated heterocycles. The molecule has 4 rings (SSSR count). The predicted molar refractivity (Wildman–Crippen MR) is 101 cm³/mol. The number of benzene rings is 2. The zero-order chi connectivity index (χ0) is 18.1. The van der Waals surface area contributed by atoms with Crippen LogP contribution >= 0.6 is 11.6 Å². The highest BCUT2D eigenvalue weighted by Crippen LogP contribution is 2.31. The maximum absolute atomic E-state index is 12.5. The smallest absolute Gasteiger partial charge is 0.255 e. The first-order valence-corrected chi connectivity index (χ1v) is 8.81. The number of ether oxygens (including phenoxy) is 1. The molecule has 2 N–H and O–H groups in total. The van der Waals surface area contributed by atoms with Crippen molar-refractivity contribution in [2.75, 3.05) is 17.2 Å². The second kappa shape index (κ2) is 6.84. The molecule has 2 aromatic carbocycles. The summed E-state index contributed by atoms with van der Waals surface area (Å²) in [7, 11) is 0. The fourth-order valence-corrected chi connectivity index (χ4v) is 2.94. The molecule has 1 saturated carbocycles. The van der Waals surface area contributed by atoms with Crippen LogP contribution in [-0.2, 0) is 9.59 Å². The first kappa shape index (κ1) is 16.7. The molecular weight excluding hydrogens is 352 g/mol. The molecule has 2 aliphatic rings. The molecule has 2 aromatic rings. The van der Waals surface area contributed by atoms with E-state index < -0.39 is 0 Å². The third-order valence-electron chi connectivity index (χ3n) is 4.31. The summed E-state index contributed by atoms with van der Waals surface area (Å²) in [6, 6.07) is 12.4. The van der Waals surface area contributed by atoms with Gasteiger partial charge in [0.05, 0.1) is 5.57 Å². The number of amides is 2. The summed E-state index contributed by atoms with van der Waals surface area (Å²) in [6.07, 6.45) is 3.67. The van der Waals surface area contributed by atoms with Crippen LogP contribution in [0.25, 0.3) is 6.08 Å². The minimum Gasteiger partial charge on any atom is -0.488 e. The van der Waals surface area contributed by atoms with Crippen molar-refractivity contribution in [1.29, 1.82) is 0 Å². The monoisotopic (exact) mass is 368 g/mol. The van der Waals surface area contributed by atoms with E-state index in [0.29, 0.717) is 27.7 Å². The van der Waals surface area contributed by atoms with Gasteiger partial charge in [-0.2, -0.15) is 0 Å². The lowest BCUT2D eigenvalue weighted by molar-refractivity contribution is -0.117. The molecular formula is C20H17ClN2O3. The van der Waals surface area contributed by atoms with Gasteiger partial charge in [-0.05, 0) is 55.3 Å². The quantitative estimate of drug-likeness (QED) is 0.853. The highest BCUT2D eigenvalue weighted by Gasteiger charge is 2.29. The lowest BCUT2D eigenvalue weighted by Crippen LogP contribution is -2.21. The Balaban J connectivity index is 1.47. The summed E-state index contributed by atoms with van der Waals surface area (Å²) in [4.78, 5) is 24.4. The Labute approximate surface area is 156 Å². The zero-order valence-corrected chi connectivity index (χ0v) is 14.7. The number of anilines is 2. The summed E-state index contributed by atoms with van der Waals surface area (Å²) in [5, 5.41) is 6.30. The van der Waals surface area contributed by atoms with Crippen molar-refractivity contribution in [3.63, 3.8) is 0 Å². The Morgan fingerprint density at radius 2 is 1.81 bits per heavy atom. The van der Waals surface area contributed by atoms with Gasteiger partial charge in [0, 0.05) is 27.9 Å². The number of carbonyl (C=O) groups excluding carboxylic acids is 2. The molecule has 6 heteroatoms. The fourth-order valence-electron chi connectivity index (χ4n) is 2.76. The van der Waals surface area contributed by atoms with Crippen molar-refractivity contribution in [2.24, 2.45) is 5.92 Å². The van der Waals surface area contributed by atoms with Crippen molar-refractivity contribution in [2.45, 2.75) is 12.8 Å². The lowest BCUT2D eigenvalue weighted by Gasteiger charge is -2.18. The minimum atomic E-state index is -0.249. The molecule has 0 atom stereocenters. The van der Waals surface area contributed by atoms with E-state index in [4.69, 9.17) is 16.3 Å². The van der Waals surface area contributed by atoms with Gasteiger partial charge in [0.1, 0.15) is 12.4 Å². The lowest BCUT2D eigenvalue weighted by atomic mass is 10.1. The SMILES string of the molecule is O=C(Nc1cccc(NC(=O)C2CC2)c1)C1=Cc2cc(Cl)ccc2OC1. The average Bonchev–Trinajstić information content (AvgIpc) is 3.46. The Morgan fingerprint density at radius 1 is 1.04 bits per heavy atom. The topological polar surface area (TPSA) is 67.4 Å². The van der Waals surface area contributed by atoms with Gasteiger partial charge in [0.15, 0.2) is 0 Å². The maximum atomic E-state index is 12.5. The van der Waals surface area contributed by atoms with Crippen molar-refractivity contribution < 1.29 is 14.3 Å². The Hall–Kier alpha value is -2.79. The standard InChI is InChI=1S/C20H17ClN2O3/c21-15-6-7-18-13(9-15)8-14(11-26-18)20(25)23-17-3-1-2-16(10-17)22-19(24)12-4-5-12/h1-3,6-10,12H,4-5,11H2,(H,22,24)(H,23,25). The molecule has 2 amide bonds. The molecule has 0 radical (unpaired) electrons. The number of rotatable bonds is 4. The zero-order valence-electron chi connectivity index (χ0n) is 13.9. The number of hydrogen-bond donors (Lipinski definition) is 2. The molecule has 26 heavy (non-hydrogen) atoms. The number of fused-ring (bicyclic) bond motifs is 1. The summed E-state index contributed by atoms with van der Waals surface area (Å²) in [5.74, 6) is 0.618. The Bertz CT molecular complexity index is 919. The maximum Gasteiger partial charge on any atom is 0.255 e. The molecule has 0 aromatic heterocycles. The van der Waals surface area contributed by atoms with Crippen LogP contribution in [-0.4, -0.2) is 18.4 Å². The molecule has 0 unspecified atom stereocenters. The molecule has 0 bridgehead atoms. The van der Waals surface area contributed by atoms with Crippen molar-refractivity contribution in [3.05, 3.63) is 58.6 Å². The highest BCUT2D eigenvalue weighted by atomic mass is 35.5. The van der Waals surface area contributed by atoms with Gasteiger partial charge in [-0.1, -0.05) is 17.7 Å². The van der Waals surface area contributed by atoms with E-state index in [1.54, 1.807) is 48.5 Å². The number of hydrogen-bond acceptors (Lipinski definition) is 3. The van der Waals surface area contributed by atoms with E-state index in [2.05, 4.69) is 10.6 Å². The molecule has 1 aliphatic heterocycles. The highest BCUT2D eigenvalue weighted by molar-refractivity contribution is 6.30. The Morgan fingerprint density at radius 3 is 2.58 bits per heavy atom. The molecule has 5 nitrogen and oxygen atoms in total. The van der Waals surface area contributed by atoms with Crippen LogP contribution in [0.5, 0.6) is 5.75 Å². The van der Waals surface area contributed by atoms with Crippen LogP contribution in [0.15, 0.2) is 48.0 Å². The third kappa shape index (κ3) is 3.73. The van der Waals surface area contributed by atoms with E-state index in [9.17, 15) is 9.59 Å². The average molecular weight is 369 g/mol. The second-order valence-electron chi connectivity index (χ2n) is 6.44. The predicted octanol–water partition coefficient (Wildman–Crippen LogP) is 4.10. The molecule has 0 spiro atoms. The summed E-state index contributed by atoms with van der Waals surface area (Å²) in [5.41, 5.74) is 2.57. The fraction of sp³-hybridized carbons (Fsp3) is 0.200. The number of nitrogens with one attached hydrogen (secondary N) is 2. The largest absolute Gasteiger partial charge is 0.488 e. The summed E-state index contributed by atoms with van der Waals surface area (Å²) < 4.78 is 5.61. The van der Waals surface area contributed by atoms with E-state index >= 15 is 0 Å². The van der Waals surface area contributed by atoms with Crippen LogP contribution in [0.3, 0.4) is 0 Å². The molecule has 1 aliphatic carbocycles. The summed E-state index contributed by atoms with van der Waals surface area (Å²) >= 11 is 6.00. The van der Waals surface area contributed by atoms with Crippen LogP contribution in [0.4, 0.5) is 11.4 Å². The van der Waals surface area contributed by atoms with Crippen LogP contribution in [0.2, 0.25) is 5.02 Å². The molecule has 1 heterocycles. The van der Waals surface area contributed by atoms with Crippen LogP contribution in [0, 0.1) is 5.92 Å². The van der Waals surface area contributed by atoms with Crippen LogP contribution in [0.1, 0.15) is 18.4 Å². The second-order valence-corrected chi connectivity index (χ2v) is 6.88. The van der Waals surface area contributed by atoms with Gasteiger partial charge in [0.2, 0.25) is 5.91 Å². The minimum absolute atomic E-state index is 0.0327. The number of halogens is 1. The normalized spacial score (nSPS) is 15.3. The van der Waals surface area contributed by atoms with Gasteiger partial charge in [0.25, 0.3) is 5.91 Å². The van der Waals surface area contributed by atoms with Gasteiger partial charge < -0.3 is 15.4 Å². The van der Waals surface area contributed by atoms with Gasteiger partial charge >= 0.3 is 0 Å². The van der Waals surface area contributed by atoms with Gasteiger partial charge in [-0.3, -0.25) is 9.59 Å². The van der Waals surface area contributed by atoms with E-state index in [1.807, 2.05) is 0 Å². The van der Waals surface area contributed by atoms with E-state index in [-0.39, 0.29) is 24.3 Å². The van der Waals surface area contributed by atoms with Crippen LogP contribution < -0.4 is 15.4 Å². The Kier molecular flexibility index (Phi) is 4.39. The van der Waals surface area contributed by atoms with Crippen molar-refractivity contribution >= 4 is 40.9 Å². The van der Waals surface area contributed by atoms with Gasteiger partial charge in [-0.15, -0.1) is 0 Å². The van der Waals surface area contributed by atoms with Crippen molar-refractivity contribution in [3.8, 4) is 5.75 Å². The van der Waals surface area contributed by atoms with Crippen molar-refractivity contribution in [1.82, 2.24) is 0 Å². The molecule has 1 fully saturated rings. The summed E-state index contributed by atoms with van der Waals surface area (Å²) in [6.45, 7) is 0.193. The first-order chi connectivity index (χ1) is 12.6. The number of carbonyl (C=O) groups is 2. The first-order valence-electron chi connectivity index (χ1n) is 8.44. The third-order valence-corrected chi connectivity index (χ3v) is 4.55.